The van der Waals surface area contributed by atoms with E-state index in [1.165, 1.54) is 12.1 Å². The Kier molecular flexibility index (Phi) is 7.68. The van der Waals surface area contributed by atoms with Crippen molar-refractivity contribution in [2.24, 2.45) is 0 Å². The number of benzene rings is 4. The van der Waals surface area contributed by atoms with E-state index >= 15 is 0 Å². The number of anilines is 1. The third-order valence-electron chi connectivity index (χ3n) is 7.21. The molecule has 6 nitrogen and oxygen atoms in total. The van der Waals surface area contributed by atoms with E-state index in [4.69, 9.17) is 0 Å². The van der Waals surface area contributed by atoms with Crippen molar-refractivity contribution >= 4 is 34.2 Å². The zero-order valence-electron chi connectivity index (χ0n) is 21.8. The molecule has 4 aromatic carbocycles. The second kappa shape index (κ2) is 11.5. The number of hydrogen-bond donors (Lipinski definition) is 1. The summed E-state index contributed by atoms with van der Waals surface area (Å²) in [5.41, 5.74) is 3.19. The molecule has 0 saturated heterocycles. The van der Waals surface area contributed by atoms with Crippen molar-refractivity contribution in [2.45, 2.75) is 31.8 Å². The fraction of sp³-hybridized carbons (Fsp3) is 0.219. The predicted molar refractivity (Wildman–Crippen MR) is 150 cm³/mol. The molecule has 3 amide bonds. The summed E-state index contributed by atoms with van der Waals surface area (Å²) in [6, 6.07) is 26.3. The van der Waals surface area contributed by atoms with Gasteiger partial charge in [0.05, 0.1) is 5.69 Å². The first-order chi connectivity index (χ1) is 19.0. The minimum absolute atomic E-state index is 0.0651. The summed E-state index contributed by atoms with van der Waals surface area (Å²) >= 11 is 0. The van der Waals surface area contributed by atoms with Crippen LogP contribution in [0.25, 0.3) is 10.8 Å². The van der Waals surface area contributed by atoms with E-state index in [0.29, 0.717) is 24.9 Å². The molecule has 1 aliphatic heterocycles. The molecule has 7 heteroatoms. The highest BCUT2D eigenvalue weighted by molar-refractivity contribution is 6.25. The molecule has 1 atom stereocenters. The van der Waals surface area contributed by atoms with Crippen LogP contribution >= 0.6 is 0 Å². The number of hydrogen-bond acceptors (Lipinski definition) is 3. The summed E-state index contributed by atoms with van der Waals surface area (Å²) < 4.78 is 13.6. The summed E-state index contributed by atoms with van der Waals surface area (Å²) in [7, 11) is 1.55. The van der Waals surface area contributed by atoms with Crippen molar-refractivity contribution in [2.75, 3.05) is 18.5 Å². The maximum absolute atomic E-state index is 13.7. The van der Waals surface area contributed by atoms with Crippen LogP contribution in [0.3, 0.4) is 0 Å². The molecule has 1 N–H and O–H groups in total. The average Bonchev–Trinajstić information content (AvgIpc) is 3.24. The van der Waals surface area contributed by atoms with Gasteiger partial charge in [-0.05, 0) is 47.2 Å². The Morgan fingerprint density at radius 2 is 1.62 bits per heavy atom. The van der Waals surface area contributed by atoms with E-state index < -0.39 is 6.04 Å². The maximum atomic E-state index is 13.7. The van der Waals surface area contributed by atoms with Gasteiger partial charge in [-0.2, -0.15) is 0 Å². The predicted octanol–water partition coefficient (Wildman–Crippen LogP) is 5.11. The zero-order valence-corrected chi connectivity index (χ0v) is 21.8. The SMILES string of the molecule is CNC(=O)[C@@H](Cc1ccccc1)N(Cc1ccc(F)cc1)C(=O)CCCN1C(=O)c2cccc3cccc1c23. The van der Waals surface area contributed by atoms with E-state index in [9.17, 15) is 18.8 Å². The first-order valence-corrected chi connectivity index (χ1v) is 13.1. The first kappa shape index (κ1) is 26.1. The van der Waals surface area contributed by atoms with Crippen molar-refractivity contribution in [3.05, 3.63) is 114 Å². The second-order valence-corrected chi connectivity index (χ2v) is 9.71. The molecule has 39 heavy (non-hydrogen) atoms. The smallest absolute Gasteiger partial charge is 0.258 e. The van der Waals surface area contributed by atoms with Crippen LogP contribution < -0.4 is 10.2 Å². The topological polar surface area (TPSA) is 69.7 Å². The lowest BCUT2D eigenvalue weighted by molar-refractivity contribution is -0.141. The molecular formula is C32H30FN3O3. The molecule has 0 radical (unpaired) electrons. The van der Waals surface area contributed by atoms with E-state index in [1.807, 2.05) is 66.7 Å². The Balaban J connectivity index is 1.35. The van der Waals surface area contributed by atoms with Crippen LogP contribution in [0, 0.1) is 5.82 Å². The van der Waals surface area contributed by atoms with Gasteiger partial charge < -0.3 is 15.1 Å². The lowest BCUT2D eigenvalue weighted by Crippen LogP contribution is -2.49. The van der Waals surface area contributed by atoms with Crippen molar-refractivity contribution in [1.82, 2.24) is 10.2 Å². The lowest BCUT2D eigenvalue weighted by atomic mass is 10.0. The summed E-state index contributed by atoms with van der Waals surface area (Å²) in [5, 5.41) is 4.65. The Morgan fingerprint density at radius 1 is 0.897 bits per heavy atom. The third kappa shape index (κ3) is 5.53. The zero-order chi connectivity index (χ0) is 27.4. The molecule has 0 unspecified atom stereocenters. The van der Waals surface area contributed by atoms with Crippen LogP contribution in [0.15, 0.2) is 91.0 Å². The summed E-state index contributed by atoms with van der Waals surface area (Å²) in [6.07, 6.45) is 0.926. The molecule has 0 spiro atoms. The number of likely N-dealkylation sites (N-methyl/N-ethyl adjacent to an activating group) is 1. The Morgan fingerprint density at radius 3 is 2.33 bits per heavy atom. The number of carbonyl (C=O) groups is 3. The van der Waals surface area contributed by atoms with Gasteiger partial charge in [0.2, 0.25) is 11.8 Å². The molecule has 0 fully saturated rings. The number of nitrogens with one attached hydrogen (secondary N) is 1. The monoisotopic (exact) mass is 523 g/mol. The van der Waals surface area contributed by atoms with Crippen LogP contribution in [0.4, 0.5) is 10.1 Å². The number of halogens is 1. The second-order valence-electron chi connectivity index (χ2n) is 9.71. The molecule has 1 aliphatic rings. The lowest BCUT2D eigenvalue weighted by Gasteiger charge is -2.31. The largest absolute Gasteiger partial charge is 0.357 e. The van der Waals surface area contributed by atoms with Gasteiger partial charge in [0.25, 0.3) is 5.91 Å². The molecule has 5 rings (SSSR count). The number of amides is 3. The van der Waals surface area contributed by atoms with Gasteiger partial charge in [-0.15, -0.1) is 0 Å². The average molecular weight is 524 g/mol. The van der Waals surface area contributed by atoms with Crippen molar-refractivity contribution in [3.63, 3.8) is 0 Å². The Bertz CT molecular complexity index is 1500. The van der Waals surface area contributed by atoms with Gasteiger partial charge in [0.15, 0.2) is 0 Å². The van der Waals surface area contributed by atoms with Gasteiger partial charge in [0.1, 0.15) is 11.9 Å². The van der Waals surface area contributed by atoms with Crippen LogP contribution in [0.2, 0.25) is 0 Å². The van der Waals surface area contributed by atoms with Gasteiger partial charge >= 0.3 is 0 Å². The summed E-state index contributed by atoms with van der Waals surface area (Å²) in [5.74, 6) is -0.905. The van der Waals surface area contributed by atoms with Gasteiger partial charge in [-0.1, -0.05) is 66.7 Å². The molecule has 0 bridgehead atoms. The van der Waals surface area contributed by atoms with Crippen LogP contribution in [0.1, 0.15) is 34.3 Å². The van der Waals surface area contributed by atoms with Crippen molar-refractivity contribution in [3.8, 4) is 0 Å². The first-order valence-electron chi connectivity index (χ1n) is 13.1. The van der Waals surface area contributed by atoms with Crippen LogP contribution in [-0.4, -0.2) is 42.3 Å². The molecule has 0 aromatic heterocycles. The quantitative estimate of drug-likeness (QED) is 0.314. The highest BCUT2D eigenvalue weighted by atomic mass is 19.1. The maximum Gasteiger partial charge on any atom is 0.258 e. The Hall–Kier alpha value is -4.52. The number of rotatable bonds is 10. The molecule has 0 saturated carbocycles. The number of nitrogens with zero attached hydrogens (tertiary/aromatic N) is 2. The summed E-state index contributed by atoms with van der Waals surface area (Å²) in [4.78, 5) is 43.2. The highest BCUT2D eigenvalue weighted by Gasteiger charge is 2.31. The van der Waals surface area contributed by atoms with E-state index in [1.54, 1.807) is 29.0 Å². The molecular weight excluding hydrogens is 493 g/mol. The number of carbonyl (C=O) groups excluding carboxylic acids is 3. The van der Waals surface area contributed by atoms with Crippen LogP contribution in [0.5, 0.6) is 0 Å². The fourth-order valence-corrected chi connectivity index (χ4v) is 5.24. The minimum Gasteiger partial charge on any atom is -0.357 e. The molecule has 198 valence electrons. The van der Waals surface area contributed by atoms with Gasteiger partial charge in [-0.3, -0.25) is 14.4 Å². The van der Waals surface area contributed by atoms with Gasteiger partial charge in [0, 0.05) is 43.9 Å². The normalized spacial score (nSPS) is 13.0. The fourth-order valence-electron chi connectivity index (χ4n) is 5.24. The molecule has 0 aliphatic carbocycles. The standard InChI is InChI=1S/C32H30FN3O3/c1-34-31(38)28(20-22-8-3-2-4-9-22)36(21-23-15-17-25(33)18-16-23)29(37)14-7-19-35-27-13-6-11-24-10-5-12-26(30(24)27)32(35)39/h2-6,8-13,15-18,28H,7,14,19-21H2,1H3,(H,34,38)/t28-/m1/s1. The molecule has 1 heterocycles. The van der Waals surface area contributed by atoms with E-state index in [0.717, 1.165) is 27.6 Å². The van der Waals surface area contributed by atoms with Crippen molar-refractivity contribution < 1.29 is 18.8 Å². The van der Waals surface area contributed by atoms with E-state index in [2.05, 4.69) is 5.32 Å². The summed E-state index contributed by atoms with van der Waals surface area (Å²) in [6.45, 7) is 0.545. The Labute approximate surface area is 227 Å². The highest BCUT2D eigenvalue weighted by Crippen LogP contribution is 2.37. The third-order valence-corrected chi connectivity index (χ3v) is 7.21. The van der Waals surface area contributed by atoms with Crippen molar-refractivity contribution in [1.29, 1.82) is 0 Å². The van der Waals surface area contributed by atoms with Gasteiger partial charge in [-0.25, -0.2) is 4.39 Å². The van der Waals surface area contributed by atoms with Crippen LogP contribution in [-0.2, 0) is 22.6 Å². The molecule has 4 aromatic rings. The minimum atomic E-state index is -0.749. The van der Waals surface area contributed by atoms with E-state index in [-0.39, 0.29) is 36.5 Å².